The molecule has 0 radical (unpaired) electrons. The Morgan fingerprint density at radius 2 is 2.26 bits per heavy atom. The van der Waals surface area contributed by atoms with Gasteiger partial charge >= 0.3 is 0 Å². The molecule has 2 aromatic rings. The van der Waals surface area contributed by atoms with E-state index >= 15 is 0 Å². The van der Waals surface area contributed by atoms with Gasteiger partial charge in [0.05, 0.1) is 30.3 Å². The molecule has 2 rings (SSSR count). The third kappa shape index (κ3) is 3.15. The molecule has 0 fully saturated rings. The number of nitrogens with zero attached hydrogens (tertiary/aromatic N) is 3. The minimum absolute atomic E-state index is 0.0339. The number of benzene rings is 1. The van der Waals surface area contributed by atoms with Crippen molar-refractivity contribution in [3.63, 3.8) is 0 Å². The lowest BCUT2D eigenvalue weighted by atomic mass is 10.2. The molecule has 0 bridgehead atoms. The molecule has 0 aliphatic carbocycles. The predicted molar refractivity (Wildman–Crippen MR) is 69.0 cm³/mol. The Kier molecular flexibility index (Phi) is 3.87. The van der Waals surface area contributed by atoms with Crippen molar-refractivity contribution in [2.75, 3.05) is 12.4 Å². The van der Waals surface area contributed by atoms with Gasteiger partial charge in [0.2, 0.25) is 0 Å². The minimum Gasteiger partial charge on any atom is -0.496 e. The highest BCUT2D eigenvalue weighted by atomic mass is 16.6. The van der Waals surface area contributed by atoms with E-state index < -0.39 is 4.92 Å². The van der Waals surface area contributed by atoms with Crippen LogP contribution < -0.4 is 10.1 Å². The van der Waals surface area contributed by atoms with Crippen molar-refractivity contribution < 1.29 is 9.66 Å². The van der Waals surface area contributed by atoms with Gasteiger partial charge < -0.3 is 10.1 Å². The van der Waals surface area contributed by atoms with Gasteiger partial charge in [-0.1, -0.05) is 0 Å². The molecule has 1 aromatic carbocycles. The van der Waals surface area contributed by atoms with Gasteiger partial charge in [0.1, 0.15) is 17.8 Å². The zero-order valence-electron chi connectivity index (χ0n) is 10.2. The molecular weight excluding hydrogens is 248 g/mol. The summed E-state index contributed by atoms with van der Waals surface area (Å²) in [6, 6.07) is 6.39. The Morgan fingerprint density at radius 1 is 1.42 bits per heavy atom. The van der Waals surface area contributed by atoms with Gasteiger partial charge in [-0.25, -0.2) is 9.97 Å². The maximum absolute atomic E-state index is 11.0. The Balaban J connectivity index is 2.18. The summed E-state index contributed by atoms with van der Waals surface area (Å²) in [6.45, 7) is 0.385. The number of hydrogen-bond acceptors (Lipinski definition) is 6. The Bertz CT molecular complexity index is 574. The summed E-state index contributed by atoms with van der Waals surface area (Å²) in [5, 5.41) is 14.0. The number of rotatable bonds is 5. The zero-order chi connectivity index (χ0) is 13.7. The fraction of sp³-hybridized carbons (Fsp3) is 0.167. The number of methoxy groups -OCH3 is 1. The second kappa shape index (κ2) is 5.76. The monoisotopic (exact) mass is 260 g/mol. The van der Waals surface area contributed by atoms with Crippen molar-refractivity contribution in [3.05, 3.63) is 52.6 Å². The highest BCUT2D eigenvalue weighted by Crippen LogP contribution is 2.29. The average molecular weight is 260 g/mol. The summed E-state index contributed by atoms with van der Waals surface area (Å²) >= 11 is 0. The first-order valence-corrected chi connectivity index (χ1v) is 5.52. The van der Waals surface area contributed by atoms with E-state index in [2.05, 4.69) is 15.3 Å². The van der Waals surface area contributed by atoms with Gasteiger partial charge in [-0.3, -0.25) is 10.1 Å². The lowest BCUT2D eigenvalue weighted by Gasteiger charge is -2.07. The molecule has 0 amide bonds. The number of hydrogen-bond donors (Lipinski definition) is 1. The second-order valence-electron chi connectivity index (χ2n) is 3.69. The molecule has 1 aromatic heterocycles. The second-order valence-corrected chi connectivity index (χ2v) is 3.69. The first-order chi connectivity index (χ1) is 9.20. The van der Waals surface area contributed by atoms with Crippen LogP contribution in [0.2, 0.25) is 0 Å². The molecule has 7 nitrogen and oxygen atoms in total. The van der Waals surface area contributed by atoms with E-state index in [-0.39, 0.29) is 5.69 Å². The summed E-state index contributed by atoms with van der Waals surface area (Å²) in [7, 11) is 1.47. The molecule has 0 aliphatic rings. The molecule has 19 heavy (non-hydrogen) atoms. The largest absolute Gasteiger partial charge is 0.496 e. The number of nitro groups is 1. The Morgan fingerprint density at radius 3 is 2.89 bits per heavy atom. The fourth-order valence-electron chi connectivity index (χ4n) is 1.55. The molecule has 0 aliphatic heterocycles. The summed E-state index contributed by atoms with van der Waals surface area (Å²) in [6.07, 6.45) is 3.05. The lowest BCUT2D eigenvalue weighted by molar-refractivity contribution is -0.384. The van der Waals surface area contributed by atoms with E-state index in [1.165, 1.54) is 19.5 Å². The number of ether oxygens (including phenoxy) is 1. The van der Waals surface area contributed by atoms with E-state index in [0.717, 1.165) is 5.69 Å². The molecular formula is C12H12N4O3. The van der Waals surface area contributed by atoms with Gasteiger partial charge in [-0.2, -0.15) is 0 Å². The van der Waals surface area contributed by atoms with Crippen LogP contribution >= 0.6 is 0 Å². The first-order valence-electron chi connectivity index (χ1n) is 5.52. The maximum Gasteiger partial charge on any atom is 0.296 e. The lowest BCUT2D eigenvalue weighted by Crippen LogP contribution is -2.04. The standard InChI is InChI=1S/C12H12N4O3/c1-19-10-2-3-11(12(6-10)16(17)18)14-7-9-4-5-13-8-15-9/h2-6,8,14H,7H2,1H3. The molecule has 98 valence electrons. The first kappa shape index (κ1) is 12.7. The normalized spacial score (nSPS) is 9.95. The molecule has 0 saturated heterocycles. The van der Waals surface area contributed by atoms with Crippen molar-refractivity contribution in [1.29, 1.82) is 0 Å². The average Bonchev–Trinajstić information content (AvgIpc) is 2.46. The summed E-state index contributed by atoms with van der Waals surface area (Å²) in [5.74, 6) is 0.444. The fourth-order valence-corrected chi connectivity index (χ4v) is 1.55. The number of aromatic nitrogens is 2. The van der Waals surface area contributed by atoms with Gasteiger partial charge in [-0.05, 0) is 18.2 Å². The number of anilines is 1. The Hall–Kier alpha value is -2.70. The van der Waals surface area contributed by atoms with E-state index in [9.17, 15) is 10.1 Å². The number of nitrogens with one attached hydrogen (secondary N) is 1. The van der Waals surface area contributed by atoms with Crippen LogP contribution in [-0.4, -0.2) is 22.0 Å². The van der Waals surface area contributed by atoms with Crippen molar-refractivity contribution in [3.8, 4) is 5.75 Å². The van der Waals surface area contributed by atoms with E-state index in [4.69, 9.17) is 4.74 Å². The van der Waals surface area contributed by atoms with E-state index in [1.807, 2.05) is 0 Å². The van der Waals surface area contributed by atoms with Crippen LogP contribution in [0.4, 0.5) is 11.4 Å². The van der Waals surface area contributed by atoms with E-state index in [0.29, 0.717) is 18.0 Å². The number of nitro benzene ring substituents is 1. The summed E-state index contributed by atoms with van der Waals surface area (Å²) in [5.41, 5.74) is 1.14. The third-order valence-corrected chi connectivity index (χ3v) is 2.50. The van der Waals surface area contributed by atoms with Crippen molar-refractivity contribution in [2.45, 2.75) is 6.54 Å². The topological polar surface area (TPSA) is 90.2 Å². The van der Waals surface area contributed by atoms with Crippen molar-refractivity contribution in [2.24, 2.45) is 0 Å². The third-order valence-electron chi connectivity index (χ3n) is 2.50. The van der Waals surface area contributed by atoms with Crippen LogP contribution in [-0.2, 0) is 6.54 Å². The molecule has 1 heterocycles. The molecule has 0 unspecified atom stereocenters. The maximum atomic E-state index is 11.0. The minimum atomic E-state index is -0.454. The van der Waals surface area contributed by atoms with Gasteiger partial charge in [-0.15, -0.1) is 0 Å². The molecule has 7 heteroatoms. The van der Waals surface area contributed by atoms with Crippen LogP contribution in [0.25, 0.3) is 0 Å². The zero-order valence-corrected chi connectivity index (χ0v) is 10.2. The SMILES string of the molecule is COc1ccc(NCc2ccncn2)c([N+](=O)[O-])c1. The van der Waals surface area contributed by atoms with Crippen LogP contribution in [0.1, 0.15) is 5.69 Å². The summed E-state index contributed by atoms with van der Waals surface area (Å²) in [4.78, 5) is 18.4. The van der Waals surface area contributed by atoms with E-state index in [1.54, 1.807) is 24.4 Å². The van der Waals surface area contributed by atoms with Gasteiger partial charge in [0, 0.05) is 6.20 Å². The van der Waals surface area contributed by atoms with Crippen LogP contribution in [0.15, 0.2) is 36.8 Å². The highest BCUT2D eigenvalue weighted by Gasteiger charge is 2.14. The van der Waals surface area contributed by atoms with Gasteiger partial charge in [0.25, 0.3) is 5.69 Å². The molecule has 0 atom stereocenters. The van der Waals surface area contributed by atoms with Crippen LogP contribution in [0.5, 0.6) is 5.75 Å². The predicted octanol–water partition coefficient (Wildman–Crippen LogP) is 2.01. The van der Waals surface area contributed by atoms with Gasteiger partial charge in [0.15, 0.2) is 0 Å². The van der Waals surface area contributed by atoms with Crippen molar-refractivity contribution >= 4 is 11.4 Å². The summed E-state index contributed by atoms with van der Waals surface area (Å²) < 4.78 is 4.97. The Labute approximate surface area is 109 Å². The van der Waals surface area contributed by atoms with Crippen LogP contribution in [0, 0.1) is 10.1 Å². The van der Waals surface area contributed by atoms with Crippen LogP contribution in [0.3, 0.4) is 0 Å². The molecule has 0 spiro atoms. The van der Waals surface area contributed by atoms with Crippen molar-refractivity contribution in [1.82, 2.24) is 9.97 Å². The molecule has 0 saturated carbocycles. The quantitative estimate of drug-likeness (QED) is 0.653. The highest BCUT2D eigenvalue weighted by molar-refractivity contribution is 5.63. The molecule has 1 N–H and O–H groups in total. The smallest absolute Gasteiger partial charge is 0.296 e.